The summed E-state index contributed by atoms with van der Waals surface area (Å²) in [5.41, 5.74) is 0. The molecule has 2 aliphatic rings. The number of hydrazine groups is 3. The fraction of sp³-hybridized carbons (Fsp3) is 0.714. The number of amides is 3. The van der Waals surface area contributed by atoms with Crippen molar-refractivity contribution in [1.29, 1.82) is 0 Å². The molecule has 2 saturated heterocycles. The highest BCUT2D eigenvalue weighted by Gasteiger charge is 2.66. The van der Waals surface area contributed by atoms with Crippen LogP contribution in [0.1, 0.15) is 6.92 Å². The van der Waals surface area contributed by atoms with Gasteiger partial charge in [-0.2, -0.15) is 0 Å². The van der Waals surface area contributed by atoms with E-state index in [1.165, 1.54) is 0 Å². The first kappa shape index (κ1) is 15.1. The molecule has 0 aliphatic carbocycles. The maximum Gasteiger partial charge on any atom is 0.389 e. The van der Waals surface area contributed by atoms with Gasteiger partial charge in [0.05, 0.1) is 0 Å². The molecular weight excluding hydrogens is 310 g/mol. The predicted molar refractivity (Wildman–Crippen MR) is 61.7 cm³/mol. The van der Waals surface area contributed by atoms with Crippen LogP contribution in [-0.2, 0) is 4.79 Å². The summed E-state index contributed by atoms with van der Waals surface area (Å²) < 4.78 is 0. The van der Waals surface area contributed by atoms with Gasteiger partial charge in [0.1, 0.15) is 13.1 Å². The zero-order valence-electron chi connectivity index (χ0n) is 11.0. The molecule has 120 valence electrons. The van der Waals surface area contributed by atoms with E-state index in [0.29, 0.717) is 10.0 Å². The first-order valence-electron chi connectivity index (χ1n) is 5.77. The van der Waals surface area contributed by atoms with Crippen molar-refractivity contribution >= 4 is 11.9 Å². The molecular formula is C7H9N7O8. The summed E-state index contributed by atoms with van der Waals surface area (Å²) in [5, 5.41) is 30.4. The quantitative estimate of drug-likeness (QED) is 0.422. The third-order valence-corrected chi connectivity index (χ3v) is 3.29. The van der Waals surface area contributed by atoms with Crippen molar-refractivity contribution in [2.24, 2.45) is 0 Å². The Labute approximate surface area is 120 Å². The number of fused-ring (bicyclic) bond motifs is 1. The molecule has 2 heterocycles. The Morgan fingerprint density at radius 2 is 1.45 bits per heavy atom. The van der Waals surface area contributed by atoms with E-state index in [0.717, 1.165) is 6.92 Å². The summed E-state index contributed by atoms with van der Waals surface area (Å²) in [5.74, 6) is -0.999. The highest BCUT2D eigenvalue weighted by molar-refractivity contribution is 5.95. The molecule has 0 N–H and O–H groups in total. The normalized spacial score (nSPS) is 24.3. The number of rotatable bonds is 3. The van der Waals surface area contributed by atoms with E-state index < -0.39 is 52.5 Å². The third-order valence-electron chi connectivity index (χ3n) is 3.29. The van der Waals surface area contributed by atoms with Gasteiger partial charge >= 0.3 is 6.03 Å². The molecule has 15 nitrogen and oxygen atoms in total. The van der Waals surface area contributed by atoms with Gasteiger partial charge < -0.3 is 0 Å². The van der Waals surface area contributed by atoms with Gasteiger partial charge in [-0.05, 0) is 5.01 Å². The fourth-order valence-electron chi connectivity index (χ4n) is 2.48. The lowest BCUT2D eigenvalue weighted by Gasteiger charge is -2.35. The summed E-state index contributed by atoms with van der Waals surface area (Å²) >= 11 is 0. The van der Waals surface area contributed by atoms with Crippen LogP contribution in [0.4, 0.5) is 4.79 Å². The Kier molecular flexibility index (Phi) is 3.39. The highest BCUT2D eigenvalue weighted by atomic mass is 16.7. The van der Waals surface area contributed by atoms with Crippen LogP contribution in [0.2, 0.25) is 0 Å². The Hall–Kier alpha value is -3.26. The van der Waals surface area contributed by atoms with E-state index >= 15 is 0 Å². The van der Waals surface area contributed by atoms with Gasteiger partial charge in [0.15, 0.2) is 15.1 Å². The molecule has 0 unspecified atom stereocenters. The molecule has 0 spiro atoms. The zero-order valence-corrected chi connectivity index (χ0v) is 11.0. The van der Waals surface area contributed by atoms with Crippen molar-refractivity contribution in [1.82, 2.24) is 19.9 Å². The average molecular weight is 319 g/mol. The van der Waals surface area contributed by atoms with Gasteiger partial charge in [-0.3, -0.25) is 4.79 Å². The number of hydrogen-bond acceptors (Lipinski definition) is 8. The molecule has 0 aromatic heterocycles. The SMILES string of the molecule is CC(=O)N1C(=O)N([N+](=O)[O-])[C@@H]2[C@H]1N([N+](=O)[O-])CCN2[N+](=O)[O-]. The van der Waals surface area contributed by atoms with Crippen LogP contribution in [0, 0.1) is 30.3 Å². The van der Waals surface area contributed by atoms with E-state index in [1.807, 2.05) is 0 Å². The minimum Gasteiger partial charge on any atom is -0.275 e. The first-order valence-corrected chi connectivity index (χ1v) is 5.77. The van der Waals surface area contributed by atoms with Crippen molar-refractivity contribution in [2.45, 2.75) is 19.3 Å². The molecule has 0 radical (unpaired) electrons. The molecule has 2 atom stereocenters. The minimum absolute atomic E-state index is 0.148. The number of imide groups is 1. The van der Waals surface area contributed by atoms with Crippen LogP contribution < -0.4 is 0 Å². The number of carbonyl (C=O) groups is 2. The fourth-order valence-corrected chi connectivity index (χ4v) is 2.48. The molecule has 15 heteroatoms. The van der Waals surface area contributed by atoms with E-state index in [2.05, 4.69) is 0 Å². The molecule has 2 fully saturated rings. The van der Waals surface area contributed by atoms with Crippen molar-refractivity contribution in [2.75, 3.05) is 13.1 Å². The molecule has 0 aromatic carbocycles. The Morgan fingerprint density at radius 3 is 1.82 bits per heavy atom. The number of carbonyl (C=O) groups excluding carboxylic acids is 2. The van der Waals surface area contributed by atoms with Crippen LogP contribution in [0.3, 0.4) is 0 Å². The van der Waals surface area contributed by atoms with Crippen LogP contribution in [0.15, 0.2) is 0 Å². The van der Waals surface area contributed by atoms with Gasteiger partial charge in [-0.1, -0.05) is 10.0 Å². The second-order valence-corrected chi connectivity index (χ2v) is 4.38. The molecule has 22 heavy (non-hydrogen) atoms. The van der Waals surface area contributed by atoms with Crippen LogP contribution in [0.25, 0.3) is 0 Å². The number of nitrogens with zero attached hydrogens (tertiary/aromatic N) is 7. The third kappa shape index (κ3) is 1.98. The van der Waals surface area contributed by atoms with E-state index in [1.54, 1.807) is 0 Å². The Bertz CT molecular complexity index is 531. The zero-order chi connectivity index (χ0) is 16.8. The maximum atomic E-state index is 12.0. The average Bonchev–Trinajstić information content (AvgIpc) is 2.69. The molecule has 0 bridgehead atoms. The van der Waals surface area contributed by atoms with Crippen molar-refractivity contribution in [3.8, 4) is 0 Å². The van der Waals surface area contributed by atoms with Crippen LogP contribution in [0.5, 0.6) is 0 Å². The monoisotopic (exact) mass is 319 g/mol. The number of hydrogen-bond donors (Lipinski definition) is 0. The second kappa shape index (κ2) is 4.93. The van der Waals surface area contributed by atoms with Gasteiger partial charge in [-0.15, -0.1) is 0 Å². The van der Waals surface area contributed by atoms with Crippen LogP contribution in [-0.4, -0.2) is 72.4 Å². The number of urea groups is 1. The van der Waals surface area contributed by atoms with Gasteiger partial charge in [0, 0.05) is 6.92 Å². The van der Waals surface area contributed by atoms with Gasteiger partial charge in [0.25, 0.3) is 6.17 Å². The molecule has 0 aromatic rings. The first-order chi connectivity index (χ1) is 10.2. The summed E-state index contributed by atoms with van der Waals surface area (Å²) in [4.78, 5) is 56.8. The minimum atomic E-state index is -1.90. The summed E-state index contributed by atoms with van der Waals surface area (Å²) in [6, 6.07) is -1.46. The van der Waals surface area contributed by atoms with Gasteiger partial charge in [0.2, 0.25) is 12.1 Å². The standard InChI is InChI=1S/C7H9N7O8/c1-4(15)10-5-6(11(7(10)16)14(21)22)9(13(19)20)3-2-8(5)12(17)18/h5-6H,2-3H2,1H3/t5-,6+/m0/s1. The molecule has 0 saturated carbocycles. The topological polar surface area (TPSA) is 177 Å². The molecule has 2 rings (SSSR count). The lowest BCUT2D eigenvalue weighted by atomic mass is 10.2. The number of piperazine rings is 1. The summed E-state index contributed by atoms with van der Waals surface area (Å²) in [6.07, 6.45) is -3.68. The van der Waals surface area contributed by atoms with Gasteiger partial charge in [-0.25, -0.2) is 40.0 Å². The lowest BCUT2D eigenvalue weighted by molar-refractivity contribution is -0.740. The summed E-state index contributed by atoms with van der Waals surface area (Å²) in [6.45, 7) is -0.141. The molecule has 3 amide bonds. The highest BCUT2D eigenvalue weighted by Crippen LogP contribution is 2.31. The van der Waals surface area contributed by atoms with E-state index in [4.69, 9.17) is 0 Å². The lowest BCUT2D eigenvalue weighted by Crippen LogP contribution is -2.67. The predicted octanol–water partition coefficient (Wildman–Crippen LogP) is -1.88. The van der Waals surface area contributed by atoms with Crippen LogP contribution >= 0.6 is 0 Å². The van der Waals surface area contributed by atoms with E-state index in [-0.39, 0.29) is 9.91 Å². The second-order valence-electron chi connectivity index (χ2n) is 4.38. The van der Waals surface area contributed by atoms with E-state index in [9.17, 15) is 39.9 Å². The van der Waals surface area contributed by atoms with Crippen molar-refractivity contribution < 1.29 is 24.7 Å². The largest absolute Gasteiger partial charge is 0.389 e. The smallest absolute Gasteiger partial charge is 0.275 e. The van der Waals surface area contributed by atoms with Crippen molar-refractivity contribution in [3.63, 3.8) is 0 Å². The Balaban J connectivity index is 2.58. The molecule has 2 aliphatic heterocycles. The number of nitro groups is 3. The van der Waals surface area contributed by atoms with Crippen molar-refractivity contribution in [3.05, 3.63) is 30.3 Å². The summed E-state index contributed by atoms with van der Waals surface area (Å²) in [7, 11) is 0. The maximum absolute atomic E-state index is 12.0. The Morgan fingerprint density at radius 1 is 1.00 bits per heavy atom.